The van der Waals surface area contributed by atoms with E-state index in [2.05, 4.69) is 40.7 Å². The van der Waals surface area contributed by atoms with Gasteiger partial charge in [0.25, 0.3) is 0 Å². The molecule has 164 valence electrons. The summed E-state index contributed by atoms with van der Waals surface area (Å²) in [6, 6.07) is 0. The highest BCUT2D eigenvalue weighted by Gasteiger charge is 2.59. The average Bonchev–Trinajstić information content (AvgIpc) is 2.99. The minimum Gasteiger partial charge on any atom is -0.393 e. The molecule has 1 nitrogen and oxygen atoms in total. The Labute approximate surface area is 182 Å². The molecule has 0 aromatic heterocycles. The Morgan fingerprint density at radius 3 is 2.48 bits per heavy atom. The molecule has 0 aliphatic heterocycles. The Morgan fingerprint density at radius 2 is 1.76 bits per heavy atom. The number of hydrogen-bond donors (Lipinski definition) is 1. The zero-order chi connectivity index (χ0) is 20.1. The molecule has 8 atom stereocenters. The molecule has 4 rings (SSSR count). The highest BCUT2D eigenvalue weighted by Crippen LogP contribution is 2.67. The molecule has 0 heterocycles. The zero-order valence-corrected chi connectivity index (χ0v) is 19.8. The molecule has 0 unspecified atom stereocenters. The Bertz CT molecular complexity index is 591. The smallest absolute Gasteiger partial charge is 0.0577 e. The van der Waals surface area contributed by atoms with E-state index in [9.17, 15) is 5.11 Å². The van der Waals surface area contributed by atoms with E-state index < -0.39 is 0 Å². The van der Waals surface area contributed by atoms with Crippen molar-refractivity contribution in [1.29, 1.82) is 0 Å². The Balaban J connectivity index is 0.00000240. The van der Waals surface area contributed by atoms with Crippen LogP contribution in [0.5, 0.6) is 0 Å². The van der Waals surface area contributed by atoms with Gasteiger partial charge in [-0.1, -0.05) is 65.5 Å². The van der Waals surface area contributed by atoms with Crippen LogP contribution < -0.4 is 0 Å². The molecule has 1 heteroatoms. The summed E-state index contributed by atoms with van der Waals surface area (Å²) in [6.07, 6.45) is 17.2. The molecule has 1 N–H and O–H groups in total. The third-order valence-corrected chi connectivity index (χ3v) is 10.3. The van der Waals surface area contributed by atoms with Gasteiger partial charge in [-0.25, -0.2) is 0 Å². The molecule has 0 spiro atoms. The van der Waals surface area contributed by atoms with Crippen LogP contribution in [0, 0.1) is 53.8 Å². The van der Waals surface area contributed by atoms with E-state index in [0.29, 0.717) is 10.8 Å². The zero-order valence-electron chi connectivity index (χ0n) is 19.8. The lowest BCUT2D eigenvalue weighted by Gasteiger charge is -2.58. The highest BCUT2D eigenvalue weighted by atomic mass is 16.3. The van der Waals surface area contributed by atoms with Gasteiger partial charge in [0.1, 0.15) is 0 Å². The summed E-state index contributed by atoms with van der Waals surface area (Å²) in [7, 11) is 0. The first-order valence-corrected chi connectivity index (χ1v) is 12.6. The maximum absolute atomic E-state index is 10.2. The summed E-state index contributed by atoms with van der Waals surface area (Å²) in [5.74, 6) is 5.46. The molecule has 0 bridgehead atoms. The SMILES string of the molecule is CC(C)CCC[C@@H](C)[C@H]1CC[C@H]2[C@@H]3CC=C4C[C@@H](O)CC[C@]4(C)[C@H]3CC[C@]12C.[C]. The maximum atomic E-state index is 10.2. The Morgan fingerprint density at radius 1 is 1.00 bits per heavy atom. The van der Waals surface area contributed by atoms with Crippen LogP contribution in [0.2, 0.25) is 0 Å². The number of fused-ring (bicyclic) bond motifs is 5. The van der Waals surface area contributed by atoms with Gasteiger partial charge >= 0.3 is 0 Å². The highest BCUT2D eigenvalue weighted by molar-refractivity contribution is 5.25. The molecule has 0 aromatic carbocycles. The fraction of sp³-hybridized carbons (Fsp3) is 0.893. The quantitative estimate of drug-likeness (QED) is 0.476. The van der Waals surface area contributed by atoms with E-state index in [4.69, 9.17) is 0 Å². The predicted molar refractivity (Wildman–Crippen MR) is 122 cm³/mol. The lowest BCUT2D eigenvalue weighted by atomic mass is 9.47. The molecule has 0 aromatic rings. The molecule has 3 fully saturated rings. The van der Waals surface area contributed by atoms with E-state index in [0.717, 1.165) is 48.3 Å². The minimum absolute atomic E-state index is 0. The normalized spacial score (nSPS) is 44.9. The molecule has 29 heavy (non-hydrogen) atoms. The van der Waals surface area contributed by atoms with Gasteiger partial charge in [-0.2, -0.15) is 0 Å². The molecule has 0 saturated heterocycles. The van der Waals surface area contributed by atoms with Crippen LogP contribution in [0.1, 0.15) is 105 Å². The lowest BCUT2D eigenvalue weighted by molar-refractivity contribution is -0.0573. The average molecular weight is 399 g/mol. The van der Waals surface area contributed by atoms with Crippen molar-refractivity contribution in [3.8, 4) is 0 Å². The molecular weight excluding hydrogens is 352 g/mol. The van der Waals surface area contributed by atoms with Gasteiger partial charge in [0.2, 0.25) is 0 Å². The van der Waals surface area contributed by atoms with E-state index in [-0.39, 0.29) is 13.5 Å². The molecule has 4 radical (unpaired) electrons. The first-order chi connectivity index (χ1) is 13.3. The monoisotopic (exact) mass is 398 g/mol. The second kappa shape index (κ2) is 8.68. The molecule has 4 aliphatic rings. The van der Waals surface area contributed by atoms with Crippen molar-refractivity contribution in [3.63, 3.8) is 0 Å². The van der Waals surface area contributed by atoms with Gasteiger partial charge in [-0.05, 0) is 97.7 Å². The first-order valence-electron chi connectivity index (χ1n) is 12.6. The van der Waals surface area contributed by atoms with Crippen molar-refractivity contribution >= 4 is 0 Å². The Kier molecular flexibility index (Phi) is 6.99. The molecule has 4 aliphatic carbocycles. The molecular formula is C28H46O. The van der Waals surface area contributed by atoms with Gasteiger partial charge in [0, 0.05) is 7.43 Å². The van der Waals surface area contributed by atoms with Crippen LogP contribution in [0.25, 0.3) is 0 Å². The summed E-state index contributed by atoms with van der Waals surface area (Å²) in [5, 5.41) is 10.2. The maximum Gasteiger partial charge on any atom is 0.0577 e. The minimum atomic E-state index is -0.0766. The number of hydrogen-bond acceptors (Lipinski definition) is 1. The summed E-state index contributed by atoms with van der Waals surface area (Å²) < 4.78 is 0. The standard InChI is InChI=1S/C27H46O.C/c1-18(2)7-6-8-19(3)23-11-12-24-22-10-9-20-17-21(28)13-15-26(20,4)25(22)14-16-27(23,24)5;/h9,18-19,21-25,28H,6-8,10-17H2,1-5H3;/t19-,21+,22+,23-,24+,25+,26+,27-;/m1./s1. The second-order valence-electron chi connectivity index (χ2n) is 12.2. The fourth-order valence-electron chi connectivity index (χ4n) is 8.67. The third-order valence-electron chi connectivity index (χ3n) is 10.3. The summed E-state index contributed by atoms with van der Waals surface area (Å²) in [5.41, 5.74) is 2.60. The van der Waals surface area contributed by atoms with Crippen molar-refractivity contribution in [2.75, 3.05) is 0 Å². The molecule has 3 saturated carbocycles. The number of aliphatic hydroxyl groups excluding tert-OH is 1. The van der Waals surface area contributed by atoms with Crippen LogP contribution in [-0.4, -0.2) is 11.2 Å². The van der Waals surface area contributed by atoms with Crippen molar-refractivity contribution in [2.24, 2.45) is 46.3 Å². The van der Waals surface area contributed by atoms with Crippen LogP contribution in [0.3, 0.4) is 0 Å². The van der Waals surface area contributed by atoms with Crippen molar-refractivity contribution in [3.05, 3.63) is 19.1 Å². The largest absolute Gasteiger partial charge is 0.393 e. The number of allylic oxidation sites excluding steroid dienone is 1. The lowest BCUT2D eigenvalue weighted by Crippen LogP contribution is -2.50. The van der Waals surface area contributed by atoms with E-state index in [1.165, 1.54) is 57.8 Å². The topological polar surface area (TPSA) is 20.2 Å². The van der Waals surface area contributed by atoms with Gasteiger partial charge < -0.3 is 5.11 Å². The fourth-order valence-corrected chi connectivity index (χ4v) is 8.67. The van der Waals surface area contributed by atoms with Crippen LogP contribution >= 0.6 is 0 Å². The van der Waals surface area contributed by atoms with E-state index in [1.807, 2.05) is 0 Å². The first kappa shape index (κ1) is 23.4. The molecule has 0 amide bonds. The van der Waals surface area contributed by atoms with Gasteiger partial charge in [-0.3, -0.25) is 0 Å². The van der Waals surface area contributed by atoms with Gasteiger partial charge in [0.05, 0.1) is 6.10 Å². The van der Waals surface area contributed by atoms with Crippen LogP contribution in [-0.2, 0) is 0 Å². The van der Waals surface area contributed by atoms with E-state index >= 15 is 0 Å². The summed E-state index contributed by atoms with van der Waals surface area (Å²) in [6.45, 7) is 12.6. The van der Waals surface area contributed by atoms with Crippen LogP contribution in [0.15, 0.2) is 11.6 Å². The summed E-state index contributed by atoms with van der Waals surface area (Å²) >= 11 is 0. The summed E-state index contributed by atoms with van der Waals surface area (Å²) in [4.78, 5) is 0. The van der Waals surface area contributed by atoms with Gasteiger partial charge in [-0.15, -0.1) is 0 Å². The van der Waals surface area contributed by atoms with E-state index in [1.54, 1.807) is 5.57 Å². The van der Waals surface area contributed by atoms with Crippen molar-refractivity contribution in [2.45, 2.75) is 111 Å². The Hall–Kier alpha value is -0.300. The van der Waals surface area contributed by atoms with Crippen molar-refractivity contribution in [1.82, 2.24) is 0 Å². The number of rotatable bonds is 5. The van der Waals surface area contributed by atoms with Crippen LogP contribution in [0.4, 0.5) is 0 Å². The second-order valence-corrected chi connectivity index (χ2v) is 12.2. The third kappa shape index (κ3) is 3.99. The van der Waals surface area contributed by atoms with Crippen molar-refractivity contribution < 1.29 is 5.11 Å². The predicted octanol–water partition coefficient (Wildman–Crippen LogP) is 7.47. The number of aliphatic hydroxyl groups is 1. The van der Waals surface area contributed by atoms with Gasteiger partial charge in [0.15, 0.2) is 0 Å².